The van der Waals surface area contributed by atoms with Gasteiger partial charge >= 0.3 is 0 Å². The summed E-state index contributed by atoms with van der Waals surface area (Å²) >= 11 is 0. The van der Waals surface area contributed by atoms with Crippen LogP contribution in [-0.2, 0) is 11.2 Å². The highest BCUT2D eigenvalue weighted by Gasteiger charge is 2.08. The van der Waals surface area contributed by atoms with E-state index in [9.17, 15) is 4.79 Å². The van der Waals surface area contributed by atoms with Gasteiger partial charge in [0.05, 0.1) is 11.6 Å². The lowest BCUT2D eigenvalue weighted by molar-refractivity contribution is -0.114. The fourth-order valence-electron chi connectivity index (χ4n) is 1.87. The molecular weight excluding hydrogens is 236 g/mol. The Kier molecular flexibility index (Phi) is 3.84. The van der Waals surface area contributed by atoms with Crippen molar-refractivity contribution in [2.24, 2.45) is 0 Å². The SMILES string of the molecule is C=CC(=O)Cc1cnccc1-c1cccc(C#N)c1. The average Bonchev–Trinajstić information content (AvgIpc) is 2.47. The number of ketones is 1. The summed E-state index contributed by atoms with van der Waals surface area (Å²) in [6.45, 7) is 3.47. The van der Waals surface area contributed by atoms with Gasteiger partial charge in [0.2, 0.25) is 0 Å². The molecule has 0 bridgehead atoms. The molecular formula is C16H12N2O. The summed E-state index contributed by atoms with van der Waals surface area (Å²) in [5, 5.41) is 8.93. The normalized spacial score (nSPS) is 9.63. The Hall–Kier alpha value is -2.73. The second-order valence-electron chi connectivity index (χ2n) is 4.07. The highest BCUT2D eigenvalue weighted by Crippen LogP contribution is 2.24. The predicted molar refractivity (Wildman–Crippen MR) is 73.3 cm³/mol. The molecule has 92 valence electrons. The van der Waals surface area contributed by atoms with Crippen LogP contribution in [0.2, 0.25) is 0 Å². The lowest BCUT2D eigenvalue weighted by Crippen LogP contribution is -2.00. The van der Waals surface area contributed by atoms with Crippen molar-refractivity contribution in [1.82, 2.24) is 4.98 Å². The molecule has 0 radical (unpaired) electrons. The van der Waals surface area contributed by atoms with Crippen LogP contribution in [0.5, 0.6) is 0 Å². The Morgan fingerprint density at radius 3 is 3.00 bits per heavy atom. The van der Waals surface area contributed by atoms with Crippen LogP contribution >= 0.6 is 0 Å². The summed E-state index contributed by atoms with van der Waals surface area (Å²) in [4.78, 5) is 15.5. The quantitative estimate of drug-likeness (QED) is 0.782. The van der Waals surface area contributed by atoms with Crippen LogP contribution in [0, 0.1) is 11.3 Å². The number of aromatic nitrogens is 1. The van der Waals surface area contributed by atoms with Gasteiger partial charge in [-0.15, -0.1) is 0 Å². The van der Waals surface area contributed by atoms with Gasteiger partial charge in [0, 0.05) is 18.8 Å². The molecule has 0 saturated heterocycles. The van der Waals surface area contributed by atoms with Crippen LogP contribution in [0.1, 0.15) is 11.1 Å². The molecule has 0 spiro atoms. The van der Waals surface area contributed by atoms with E-state index in [-0.39, 0.29) is 12.2 Å². The molecule has 0 aliphatic heterocycles. The fourth-order valence-corrected chi connectivity index (χ4v) is 1.87. The summed E-state index contributed by atoms with van der Waals surface area (Å²) < 4.78 is 0. The Labute approximate surface area is 111 Å². The van der Waals surface area contributed by atoms with Gasteiger partial charge in [0.25, 0.3) is 0 Å². The number of rotatable bonds is 4. The number of nitriles is 1. The monoisotopic (exact) mass is 248 g/mol. The summed E-state index contributed by atoms with van der Waals surface area (Å²) in [5.41, 5.74) is 3.26. The zero-order chi connectivity index (χ0) is 13.7. The zero-order valence-electron chi connectivity index (χ0n) is 10.3. The van der Waals surface area contributed by atoms with E-state index < -0.39 is 0 Å². The Morgan fingerprint density at radius 2 is 2.26 bits per heavy atom. The lowest BCUT2D eigenvalue weighted by Gasteiger charge is -2.08. The minimum Gasteiger partial charge on any atom is -0.295 e. The van der Waals surface area contributed by atoms with E-state index in [1.165, 1.54) is 6.08 Å². The number of hydrogen-bond acceptors (Lipinski definition) is 3. The van der Waals surface area contributed by atoms with E-state index >= 15 is 0 Å². The van der Waals surface area contributed by atoms with E-state index in [2.05, 4.69) is 17.6 Å². The zero-order valence-corrected chi connectivity index (χ0v) is 10.3. The third-order valence-electron chi connectivity index (χ3n) is 2.80. The number of hydrogen-bond donors (Lipinski definition) is 0. The van der Waals surface area contributed by atoms with Crippen LogP contribution in [0.4, 0.5) is 0 Å². The fraction of sp³-hybridized carbons (Fsp3) is 0.0625. The van der Waals surface area contributed by atoms with Crippen molar-refractivity contribution in [1.29, 1.82) is 5.26 Å². The van der Waals surface area contributed by atoms with Crippen LogP contribution in [0.25, 0.3) is 11.1 Å². The van der Waals surface area contributed by atoms with Crippen LogP contribution in [0.15, 0.2) is 55.4 Å². The largest absolute Gasteiger partial charge is 0.295 e. The predicted octanol–water partition coefficient (Wildman–Crippen LogP) is 2.92. The molecule has 19 heavy (non-hydrogen) atoms. The first-order chi connectivity index (χ1) is 9.24. The Morgan fingerprint density at radius 1 is 1.42 bits per heavy atom. The molecule has 3 heteroatoms. The van der Waals surface area contributed by atoms with Crippen LogP contribution in [-0.4, -0.2) is 10.8 Å². The van der Waals surface area contributed by atoms with E-state index in [1.807, 2.05) is 18.2 Å². The highest BCUT2D eigenvalue weighted by molar-refractivity contribution is 5.92. The smallest absolute Gasteiger partial charge is 0.159 e. The van der Waals surface area contributed by atoms with E-state index in [4.69, 9.17) is 5.26 Å². The maximum atomic E-state index is 11.5. The van der Waals surface area contributed by atoms with Crippen LogP contribution in [0.3, 0.4) is 0 Å². The Balaban J connectivity index is 2.47. The standard InChI is InChI=1S/C16H12N2O/c1-2-15(19)9-14-11-18-7-6-16(14)13-5-3-4-12(8-13)10-17/h2-8,11H,1,9H2. The number of carbonyl (C=O) groups excluding carboxylic acids is 1. The molecule has 2 rings (SSSR count). The van der Waals surface area contributed by atoms with Gasteiger partial charge in [-0.1, -0.05) is 18.7 Å². The van der Waals surface area contributed by atoms with Gasteiger partial charge in [-0.05, 0) is 41.0 Å². The second-order valence-corrected chi connectivity index (χ2v) is 4.07. The first-order valence-corrected chi connectivity index (χ1v) is 5.83. The topological polar surface area (TPSA) is 53.8 Å². The number of benzene rings is 1. The van der Waals surface area contributed by atoms with Crippen molar-refractivity contribution in [3.8, 4) is 17.2 Å². The molecule has 0 unspecified atom stereocenters. The maximum Gasteiger partial charge on any atom is 0.159 e. The molecule has 3 nitrogen and oxygen atoms in total. The van der Waals surface area contributed by atoms with Crippen molar-refractivity contribution >= 4 is 5.78 Å². The first-order valence-electron chi connectivity index (χ1n) is 5.83. The van der Waals surface area contributed by atoms with Crippen molar-refractivity contribution in [2.45, 2.75) is 6.42 Å². The van der Waals surface area contributed by atoms with Gasteiger partial charge in [-0.3, -0.25) is 9.78 Å². The maximum absolute atomic E-state index is 11.5. The molecule has 0 fully saturated rings. The average molecular weight is 248 g/mol. The third kappa shape index (κ3) is 2.93. The van der Waals surface area contributed by atoms with Gasteiger partial charge in [0.1, 0.15) is 0 Å². The summed E-state index contributed by atoms with van der Waals surface area (Å²) in [6, 6.07) is 11.3. The third-order valence-corrected chi connectivity index (χ3v) is 2.80. The minimum atomic E-state index is -0.0503. The number of carbonyl (C=O) groups is 1. The van der Waals surface area contributed by atoms with E-state index in [0.29, 0.717) is 5.56 Å². The molecule has 2 aromatic rings. The molecule has 0 amide bonds. The summed E-state index contributed by atoms with van der Waals surface area (Å²) in [6.07, 6.45) is 4.93. The number of pyridine rings is 1. The minimum absolute atomic E-state index is 0.0503. The van der Waals surface area contributed by atoms with Crippen molar-refractivity contribution in [2.75, 3.05) is 0 Å². The molecule has 0 aliphatic carbocycles. The first kappa shape index (κ1) is 12.7. The molecule has 1 heterocycles. The molecule has 0 N–H and O–H groups in total. The Bertz CT molecular complexity index is 668. The van der Waals surface area contributed by atoms with Gasteiger partial charge in [0.15, 0.2) is 5.78 Å². The molecule has 1 aromatic carbocycles. The molecule has 0 atom stereocenters. The summed E-state index contributed by atoms with van der Waals surface area (Å²) in [5.74, 6) is -0.0503. The van der Waals surface area contributed by atoms with Gasteiger partial charge < -0.3 is 0 Å². The molecule has 1 aromatic heterocycles. The molecule has 0 saturated carbocycles. The van der Waals surface area contributed by atoms with Crippen molar-refractivity contribution < 1.29 is 4.79 Å². The van der Waals surface area contributed by atoms with E-state index in [1.54, 1.807) is 24.5 Å². The summed E-state index contributed by atoms with van der Waals surface area (Å²) in [7, 11) is 0. The molecule has 0 aliphatic rings. The number of allylic oxidation sites excluding steroid dienone is 1. The van der Waals surface area contributed by atoms with Crippen LogP contribution < -0.4 is 0 Å². The number of nitrogens with zero attached hydrogens (tertiary/aromatic N) is 2. The highest BCUT2D eigenvalue weighted by atomic mass is 16.1. The van der Waals surface area contributed by atoms with Crippen molar-refractivity contribution in [3.05, 3.63) is 66.5 Å². The second kappa shape index (κ2) is 5.74. The van der Waals surface area contributed by atoms with Crippen molar-refractivity contribution in [3.63, 3.8) is 0 Å². The lowest BCUT2D eigenvalue weighted by atomic mass is 9.97. The van der Waals surface area contributed by atoms with Gasteiger partial charge in [-0.2, -0.15) is 5.26 Å². The van der Waals surface area contributed by atoms with Gasteiger partial charge in [-0.25, -0.2) is 0 Å². The van der Waals surface area contributed by atoms with E-state index in [0.717, 1.165) is 16.7 Å².